The van der Waals surface area contributed by atoms with Gasteiger partial charge in [0.2, 0.25) is 0 Å². The van der Waals surface area contributed by atoms with Gasteiger partial charge in [0, 0.05) is 12.1 Å². The number of carbonyl (C=O) groups excluding carboxylic acids is 2. The molecule has 0 radical (unpaired) electrons. The molecule has 6 nitrogen and oxygen atoms in total. The summed E-state index contributed by atoms with van der Waals surface area (Å²) in [6, 6.07) is -0.759. The Labute approximate surface area is 130 Å². The first-order valence-corrected chi connectivity index (χ1v) is 5.49. The van der Waals surface area contributed by atoms with Crippen molar-refractivity contribution >= 4 is 49.7 Å². The summed E-state index contributed by atoms with van der Waals surface area (Å²) in [5, 5.41) is 25.6. The van der Waals surface area contributed by atoms with E-state index in [1.807, 2.05) is 0 Å². The smallest absolute Gasteiger partial charge is 0.548 e. The summed E-state index contributed by atoms with van der Waals surface area (Å²) in [6.45, 7) is 1.64. The van der Waals surface area contributed by atoms with Crippen LogP contribution in [0.3, 0.4) is 0 Å². The van der Waals surface area contributed by atoms with Crippen molar-refractivity contribution in [3.63, 3.8) is 0 Å². The quantitative estimate of drug-likeness (QED) is 0.506. The SMILES string of the molecule is O=C([O-])[C@@H]1CCCN1.O=C([O-])[C@@H]1CCCN1.[Ca+2]. The first kappa shape index (κ1) is 17.1. The minimum absolute atomic E-state index is 0. The van der Waals surface area contributed by atoms with Crippen LogP contribution in [0.4, 0.5) is 0 Å². The molecular weight excluding hydrogens is 252 g/mol. The van der Waals surface area contributed by atoms with Crippen molar-refractivity contribution in [2.75, 3.05) is 13.1 Å². The van der Waals surface area contributed by atoms with Crippen LogP contribution in [-0.4, -0.2) is 74.9 Å². The molecule has 92 valence electrons. The molecule has 2 heterocycles. The standard InChI is InChI=1S/2C5H9NO2.Ca/c2*7-5(8)4-2-1-3-6-4;/h2*4,6H,1-3H2,(H,7,8);/q;;+2/p-2/t2*4-;/m00./s1. The minimum Gasteiger partial charge on any atom is -0.548 e. The molecule has 0 unspecified atom stereocenters. The summed E-state index contributed by atoms with van der Waals surface area (Å²) in [6.07, 6.45) is 3.36. The molecule has 2 N–H and O–H groups in total. The second-order valence-corrected chi connectivity index (χ2v) is 3.94. The monoisotopic (exact) mass is 268 g/mol. The summed E-state index contributed by atoms with van der Waals surface area (Å²) in [4.78, 5) is 20.1. The summed E-state index contributed by atoms with van der Waals surface area (Å²) >= 11 is 0. The topological polar surface area (TPSA) is 104 Å². The van der Waals surface area contributed by atoms with Crippen LogP contribution in [0.5, 0.6) is 0 Å². The predicted octanol–water partition coefficient (Wildman–Crippen LogP) is -3.40. The van der Waals surface area contributed by atoms with E-state index < -0.39 is 11.9 Å². The fourth-order valence-electron chi connectivity index (χ4n) is 1.77. The molecule has 2 atom stereocenters. The number of hydrogen-bond donors (Lipinski definition) is 2. The second kappa shape index (κ2) is 9.10. The van der Waals surface area contributed by atoms with Crippen molar-refractivity contribution in [2.24, 2.45) is 0 Å². The second-order valence-electron chi connectivity index (χ2n) is 3.94. The van der Waals surface area contributed by atoms with Gasteiger partial charge in [0.05, 0.1) is 11.9 Å². The largest absolute Gasteiger partial charge is 2.00 e. The van der Waals surface area contributed by atoms with Crippen LogP contribution in [0.25, 0.3) is 0 Å². The van der Waals surface area contributed by atoms with Crippen molar-refractivity contribution < 1.29 is 19.8 Å². The first-order valence-electron chi connectivity index (χ1n) is 5.49. The predicted molar refractivity (Wildman–Crippen MR) is 57.8 cm³/mol. The van der Waals surface area contributed by atoms with E-state index >= 15 is 0 Å². The Bertz CT molecular complexity index is 225. The van der Waals surface area contributed by atoms with Crippen LogP contribution in [-0.2, 0) is 9.59 Å². The molecule has 17 heavy (non-hydrogen) atoms. The zero-order valence-corrected chi connectivity index (χ0v) is 11.9. The molecule has 0 aromatic rings. The summed E-state index contributed by atoms with van der Waals surface area (Å²) < 4.78 is 0. The Morgan fingerprint density at radius 1 is 0.882 bits per heavy atom. The van der Waals surface area contributed by atoms with Crippen molar-refractivity contribution in [3.8, 4) is 0 Å². The molecule has 0 aliphatic carbocycles. The third-order valence-electron chi connectivity index (χ3n) is 2.69. The molecule has 2 aliphatic rings. The number of hydrogen-bond acceptors (Lipinski definition) is 6. The average molecular weight is 268 g/mol. The zero-order valence-electron chi connectivity index (χ0n) is 9.74. The van der Waals surface area contributed by atoms with Gasteiger partial charge in [-0.05, 0) is 38.8 Å². The maximum absolute atomic E-state index is 10.0. The van der Waals surface area contributed by atoms with Gasteiger partial charge in [-0.25, -0.2) is 0 Å². The number of aliphatic carboxylic acids is 2. The Balaban J connectivity index is 0.000000284. The van der Waals surface area contributed by atoms with Crippen LogP contribution in [0, 0.1) is 0 Å². The van der Waals surface area contributed by atoms with Crippen molar-refractivity contribution in [3.05, 3.63) is 0 Å². The molecular formula is C10H16CaN2O4. The molecule has 0 saturated carbocycles. The first-order chi connectivity index (χ1) is 7.61. The van der Waals surface area contributed by atoms with E-state index in [1.165, 1.54) is 0 Å². The number of carboxylic acids is 2. The van der Waals surface area contributed by atoms with E-state index in [2.05, 4.69) is 10.6 Å². The van der Waals surface area contributed by atoms with Crippen LogP contribution in [0.2, 0.25) is 0 Å². The van der Waals surface area contributed by atoms with Gasteiger partial charge in [-0.3, -0.25) is 0 Å². The van der Waals surface area contributed by atoms with Gasteiger partial charge in [-0.15, -0.1) is 0 Å². The van der Waals surface area contributed by atoms with Crippen LogP contribution in [0.15, 0.2) is 0 Å². The Morgan fingerprint density at radius 3 is 1.35 bits per heavy atom. The number of rotatable bonds is 2. The van der Waals surface area contributed by atoms with E-state index in [4.69, 9.17) is 0 Å². The van der Waals surface area contributed by atoms with Crippen molar-refractivity contribution in [1.29, 1.82) is 0 Å². The number of carbonyl (C=O) groups is 2. The van der Waals surface area contributed by atoms with Gasteiger partial charge in [0.1, 0.15) is 0 Å². The molecule has 0 aromatic heterocycles. The fourth-order valence-corrected chi connectivity index (χ4v) is 1.77. The van der Waals surface area contributed by atoms with Gasteiger partial charge in [-0.2, -0.15) is 0 Å². The van der Waals surface area contributed by atoms with E-state index in [0.29, 0.717) is 0 Å². The normalized spacial score (nSPS) is 26.6. The summed E-state index contributed by atoms with van der Waals surface area (Å²) in [7, 11) is 0. The van der Waals surface area contributed by atoms with Gasteiger partial charge in [-0.1, -0.05) is 0 Å². The molecule has 2 rings (SSSR count). The molecule has 0 spiro atoms. The van der Waals surface area contributed by atoms with Crippen molar-refractivity contribution in [1.82, 2.24) is 10.6 Å². The molecule has 7 heteroatoms. The van der Waals surface area contributed by atoms with E-state index in [0.717, 1.165) is 38.8 Å². The van der Waals surface area contributed by atoms with Crippen molar-refractivity contribution in [2.45, 2.75) is 37.8 Å². The van der Waals surface area contributed by atoms with Gasteiger partial charge in [0.15, 0.2) is 0 Å². The molecule has 0 bridgehead atoms. The number of nitrogens with one attached hydrogen (secondary N) is 2. The van der Waals surface area contributed by atoms with E-state index in [1.54, 1.807) is 0 Å². The van der Waals surface area contributed by atoms with Crippen LogP contribution < -0.4 is 20.8 Å². The Hall–Kier alpha value is 0.120. The van der Waals surface area contributed by atoms with E-state index in [9.17, 15) is 19.8 Å². The molecule has 0 aromatic carbocycles. The van der Waals surface area contributed by atoms with Gasteiger partial charge in [0.25, 0.3) is 0 Å². The number of carboxylic acid groups (broad SMARTS) is 2. The van der Waals surface area contributed by atoms with Gasteiger partial charge < -0.3 is 30.4 Å². The Morgan fingerprint density at radius 2 is 1.24 bits per heavy atom. The van der Waals surface area contributed by atoms with E-state index in [-0.39, 0.29) is 49.8 Å². The van der Waals surface area contributed by atoms with Gasteiger partial charge >= 0.3 is 37.7 Å². The molecule has 2 aliphatic heterocycles. The maximum Gasteiger partial charge on any atom is 2.00 e. The van der Waals surface area contributed by atoms with Crippen LogP contribution in [0.1, 0.15) is 25.7 Å². The maximum atomic E-state index is 10.0. The Kier molecular flexibility index (Phi) is 9.17. The molecule has 0 amide bonds. The summed E-state index contributed by atoms with van der Waals surface area (Å²) in [5.74, 6) is -1.94. The fraction of sp³-hybridized carbons (Fsp3) is 0.800. The minimum atomic E-state index is -0.970. The summed E-state index contributed by atoms with van der Waals surface area (Å²) in [5.41, 5.74) is 0. The average Bonchev–Trinajstić information content (AvgIpc) is 2.93. The zero-order chi connectivity index (χ0) is 12.0. The third kappa shape index (κ3) is 6.57. The third-order valence-corrected chi connectivity index (χ3v) is 2.69. The molecule has 2 fully saturated rings. The van der Waals surface area contributed by atoms with Crippen LogP contribution >= 0.6 is 0 Å². The molecule has 2 saturated heterocycles.